The summed E-state index contributed by atoms with van der Waals surface area (Å²) < 4.78 is 105. The molecule has 0 radical (unpaired) electrons. The van der Waals surface area contributed by atoms with Crippen molar-refractivity contribution in [1.82, 2.24) is 0 Å². The van der Waals surface area contributed by atoms with Crippen molar-refractivity contribution in [3.8, 4) is 0 Å². The van der Waals surface area contributed by atoms with Crippen LogP contribution in [0.2, 0.25) is 0 Å². The van der Waals surface area contributed by atoms with Crippen molar-refractivity contribution in [2.75, 3.05) is 267 Å². The van der Waals surface area contributed by atoms with Gasteiger partial charge in [0, 0.05) is 139 Å². The van der Waals surface area contributed by atoms with Crippen molar-refractivity contribution in [3.05, 3.63) is 0 Å². The highest BCUT2D eigenvalue weighted by molar-refractivity contribution is 4.87. The third-order valence-corrected chi connectivity index (χ3v) is 19.4. The average molecular weight is 1440 g/mol. The zero-order chi connectivity index (χ0) is 73.7. The van der Waals surface area contributed by atoms with Crippen LogP contribution in [0.3, 0.4) is 0 Å². The van der Waals surface area contributed by atoms with Gasteiger partial charge in [-0.3, -0.25) is 0 Å². The quantitative estimate of drug-likeness (QED) is 0.0523. The smallest absolute Gasteiger partial charge is 0.0700 e. The topological polar surface area (TPSA) is 185 Å². The molecule has 20 nitrogen and oxygen atoms in total. The number of hydrogen-bond acceptors (Lipinski definition) is 20. The van der Waals surface area contributed by atoms with Crippen molar-refractivity contribution in [2.45, 2.75) is 210 Å². The Kier molecular flexibility index (Phi) is 59.4. The van der Waals surface area contributed by atoms with Crippen LogP contribution in [-0.2, 0) is 94.7 Å². The van der Waals surface area contributed by atoms with Gasteiger partial charge < -0.3 is 94.7 Å². The molecule has 0 aromatic rings. The zero-order valence-electron chi connectivity index (χ0n) is 67.8. The minimum Gasteiger partial charge on any atom is -0.385 e. The molecule has 0 amide bonds. The minimum atomic E-state index is 0.272. The van der Waals surface area contributed by atoms with Crippen LogP contribution in [0.1, 0.15) is 210 Å². The first kappa shape index (κ1) is 97.2. The summed E-state index contributed by atoms with van der Waals surface area (Å²) in [5.74, 6) is 0. The van der Waals surface area contributed by atoms with Gasteiger partial charge in [0.25, 0.3) is 0 Å². The highest BCUT2D eigenvalue weighted by atomic mass is 16.6. The van der Waals surface area contributed by atoms with Crippen molar-refractivity contribution < 1.29 is 94.7 Å². The summed E-state index contributed by atoms with van der Waals surface area (Å²) >= 11 is 0. The molecule has 0 unspecified atom stereocenters. The van der Waals surface area contributed by atoms with Gasteiger partial charge in [-0.2, -0.15) is 0 Å². The Balaban J connectivity index is 0.000000577. The van der Waals surface area contributed by atoms with Crippen molar-refractivity contribution in [2.24, 2.45) is 43.3 Å². The van der Waals surface area contributed by atoms with E-state index in [0.29, 0.717) is 51.1 Å². The van der Waals surface area contributed by atoms with Crippen LogP contribution in [0, 0.1) is 43.3 Å². The van der Waals surface area contributed by atoms with Crippen LogP contribution < -0.4 is 0 Å². The maximum absolute atomic E-state index is 5.78. The SMILES string of the molecule is CCC1(COCCCCCCOC)COC1.CCC1(COCCCCOC)COC1.CCCCCCCCCOCC1(CC)COC1.CCCCCCOCC1(C)COC1.COCC1(C)COC1.COCC1(C)COC1.COCCCCOCC1(C)COC1.COCCOCC1(C)COC1. The molecule has 0 spiro atoms. The van der Waals surface area contributed by atoms with E-state index in [1.165, 1.54) is 109 Å². The minimum absolute atomic E-state index is 0.272. The molecule has 0 atom stereocenters. The summed E-state index contributed by atoms with van der Waals surface area (Å²) in [5, 5.41) is 0. The molecule has 0 saturated carbocycles. The molecular weight excluding hydrogens is 1280 g/mol. The number of unbranched alkanes of at least 4 members (excludes halogenated alkanes) is 14. The summed E-state index contributed by atoms with van der Waals surface area (Å²) in [6.45, 7) is 51.2. The van der Waals surface area contributed by atoms with Gasteiger partial charge in [0.15, 0.2) is 0 Å². The highest BCUT2D eigenvalue weighted by Gasteiger charge is 2.40. The second-order valence-corrected chi connectivity index (χ2v) is 31.7. The van der Waals surface area contributed by atoms with E-state index in [-0.39, 0.29) is 5.41 Å². The van der Waals surface area contributed by atoms with Gasteiger partial charge in [0.1, 0.15) is 0 Å². The predicted molar refractivity (Wildman–Crippen MR) is 401 cm³/mol. The van der Waals surface area contributed by atoms with Crippen LogP contribution in [0.4, 0.5) is 0 Å². The van der Waals surface area contributed by atoms with Crippen molar-refractivity contribution in [3.63, 3.8) is 0 Å². The Morgan fingerprint density at radius 2 is 0.400 bits per heavy atom. The number of hydrogen-bond donors (Lipinski definition) is 0. The third-order valence-electron chi connectivity index (χ3n) is 19.4. The maximum atomic E-state index is 5.78. The van der Waals surface area contributed by atoms with E-state index in [0.717, 1.165) is 244 Å². The number of ether oxygens (including phenoxy) is 20. The zero-order valence-corrected chi connectivity index (χ0v) is 67.8. The lowest BCUT2D eigenvalue weighted by molar-refractivity contribution is -0.150. The van der Waals surface area contributed by atoms with Crippen molar-refractivity contribution >= 4 is 0 Å². The molecule has 8 rings (SSSR count). The Bertz CT molecular complexity index is 1680. The molecular formula is C80H160O20. The van der Waals surface area contributed by atoms with Gasteiger partial charge >= 0.3 is 0 Å². The Labute approximate surface area is 613 Å². The van der Waals surface area contributed by atoms with Crippen LogP contribution in [-0.4, -0.2) is 267 Å². The van der Waals surface area contributed by atoms with E-state index in [2.05, 4.69) is 69.2 Å². The number of methoxy groups -OCH3 is 6. The molecule has 600 valence electrons. The summed E-state index contributed by atoms with van der Waals surface area (Å²) in [6, 6.07) is 0. The second kappa shape index (κ2) is 61.1. The van der Waals surface area contributed by atoms with Crippen molar-refractivity contribution in [1.29, 1.82) is 0 Å². The van der Waals surface area contributed by atoms with E-state index in [4.69, 9.17) is 94.7 Å². The molecule has 8 heterocycles. The van der Waals surface area contributed by atoms with Crippen LogP contribution in [0.25, 0.3) is 0 Å². The fourth-order valence-electron chi connectivity index (χ4n) is 11.2. The lowest BCUT2D eigenvalue weighted by atomic mass is 9.84. The van der Waals surface area contributed by atoms with Gasteiger partial charge in [-0.1, -0.05) is 140 Å². The molecule has 8 fully saturated rings. The molecule has 8 saturated heterocycles. The summed E-state index contributed by atoms with van der Waals surface area (Å²) in [5.41, 5.74) is 2.59. The molecule has 100 heavy (non-hydrogen) atoms. The monoisotopic (exact) mass is 1440 g/mol. The Hall–Kier alpha value is -0.800. The van der Waals surface area contributed by atoms with Gasteiger partial charge in [0.05, 0.1) is 172 Å². The normalized spacial score (nSPS) is 20.2. The second-order valence-electron chi connectivity index (χ2n) is 31.7. The first-order chi connectivity index (χ1) is 48.3. The molecule has 0 aromatic carbocycles. The lowest BCUT2D eigenvalue weighted by Crippen LogP contribution is -2.45. The molecule has 8 aliphatic rings. The molecule has 0 aliphatic carbocycles. The van der Waals surface area contributed by atoms with Gasteiger partial charge in [-0.05, 0) is 70.6 Å². The van der Waals surface area contributed by atoms with E-state index < -0.39 is 0 Å². The van der Waals surface area contributed by atoms with Crippen LogP contribution >= 0.6 is 0 Å². The van der Waals surface area contributed by atoms with E-state index in [1.54, 1.807) is 42.7 Å². The molecule has 0 aromatic heterocycles. The molecule has 20 heteroatoms. The largest absolute Gasteiger partial charge is 0.385 e. The summed E-state index contributed by atoms with van der Waals surface area (Å²) in [4.78, 5) is 0. The average Bonchev–Trinajstić information content (AvgIpc) is 1.30. The van der Waals surface area contributed by atoms with Gasteiger partial charge in [-0.25, -0.2) is 0 Å². The van der Waals surface area contributed by atoms with E-state index in [1.807, 2.05) is 0 Å². The first-order valence-corrected chi connectivity index (χ1v) is 39.3. The lowest BCUT2D eigenvalue weighted by Gasteiger charge is -2.40. The van der Waals surface area contributed by atoms with Gasteiger partial charge in [0.2, 0.25) is 0 Å². The van der Waals surface area contributed by atoms with Crippen LogP contribution in [0.5, 0.6) is 0 Å². The number of rotatable bonds is 52. The fourth-order valence-corrected chi connectivity index (χ4v) is 11.2. The fraction of sp³-hybridized carbons (Fsp3) is 1.00. The first-order valence-electron chi connectivity index (χ1n) is 39.3. The Morgan fingerprint density at radius 3 is 0.610 bits per heavy atom. The molecule has 8 aliphatic heterocycles. The highest BCUT2D eigenvalue weighted by Crippen LogP contribution is 2.34. The van der Waals surface area contributed by atoms with Gasteiger partial charge in [-0.15, -0.1) is 0 Å². The standard InChI is InChI=1S/C15H30O2.C13H26O3.C11H22O3.C11H22O2.C10H20O3.C8H16O3.2C6H12O2/c1-3-5-6-7-8-9-10-11-16-12-15(4-2)13-17-14-15;1-3-13(11-16-12-13)10-15-9-7-5-4-6-8-14-2;1-3-11(9-14-10-11)8-13-7-5-4-6-12-2;1-3-4-5-6-7-12-8-11(2)9-13-10-11;1-10(8-13-9-10)7-12-6-4-3-5-11-2;1-8(6-11-7-8)5-10-4-3-9-2;2*1-6(3-7-2)4-8-5-6/h3-14H2,1-2H3;3-12H2,1-2H3;3-10H2,1-2H3;3-10H2,1-2H3;3-9H2,1-2H3;3-7H2,1-2H3;2*3-5H2,1-2H3. The predicted octanol–water partition coefficient (Wildman–Crippen LogP) is 14.8. The third kappa shape index (κ3) is 47.8. The summed E-state index contributed by atoms with van der Waals surface area (Å²) in [7, 11) is 10.4. The Morgan fingerprint density at radius 1 is 0.200 bits per heavy atom. The maximum Gasteiger partial charge on any atom is 0.0700 e. The molecule has 0 bridgehead atoms. The molecule has 0 N–H and O–H groups in total. The van der Waals surface area contributed by atoms with E-state index in [9.17, 15) is 0 Å². The summed E-state index contributed by atoms with van der Waals surface area (Å²) in [6.07, 6.45) is 27.4. The van der Waals surface area contributed by atoms with Crippen LogP contribution in [0.15, 0.2) is 0 Å². The van der Waals surface area contributed by atoms with E-state index >= 15 is 0 Å².